The van der Waals surface area contributed by atoms with Gasteiger partial charge in [-0.3, -0.25) is 4.79 Å². The van der Waals surface area contributed by atoms with E-state index >= 15 is 0 Å². The second-order valence-electron chi connectivity index (χ2n) is 4.13. The molecule has 0 fully saturated rings. The van der Waals surface area contributed by atoms with Crippen LogP contribution in [0.25, 0.3) is 0 Å². The highest BCUT2D eigenvalue weighted by Gasteiger charge is 2.11. The average molecular weight is 319 g/mol. The molecule has 0 saturated heterocycles. The van der Waals surface area contributed by atoms with E-state index in [4.69, 9.17) is 19.7 Å². The van der Waals surface area contributed by atoms with E-state index in [1.54, 1.807) is 19.1 Å². The van der Waals surface area contributed by atoms with Crippen LogP contribution in [0, 0.1) is 0 Å². The average Bonchev–Trinajstić information content (AvgIpc) is 2.46. The van der Waals surface area contributed by atoms with E-state index in [0.717, 1.165) is 6.42 Å². The number of carboxylic acids is 2. The summed E-state index contributed by atoms with van der Waals surface area (Å²) < 4.78 is 9.89. The summed E-state index contributed by atoms with van der Waals surface area (Å²) in [5, 5.41) is 15.6. The van der Waals surface area contributed by atoms with Gasteiger partial charge in [0.05, 0.1) is 13.2 Å². The lowest BCUT2D eigenvalue weighted by atomic mass is 10.3. The van der Waals surface area contributed by atoms with Crippen LogP contribution >= 0.6 is 0 Å². The predicted octanol–water partition coefficient (Wildman–Crippen LogP) is 0.620. The number of methoxy groups -OCH3 is 2. The van der Waals surface area contributed by atoms with E-state index in [1.165, 1.54) is 0 Å². The van der Waals surface area contributed by atoms with Gasteiger partial charge in [-0.2, -0.15) is 0 Å². The highest BCUT2D eigenvalue weighted by atomic mass is 16.5. The summed E-state index contributed by atoms with van der Waals surface area (Å²) in [6, 6.07) is 0. The predicted molar refractivity (Wildman–Crippen MR) is 79.7 cm³/mol. The number of hydrogen-bond donors (Lipinski definition) is 2. The first-order valence-corrected chi connectivity index (χ1v) is 6.78. The normalized spacial score (nSPS) is 9.95. The lowest BCUT2D eigenvalue weighted by Gasteiger charge is -2.21. The number of hydrogen-bond acceptors (Lipinski definition) is 5. The van der Waals surface area contributed by atoms with Crippen molar-refractivity contribution in [2.45, 2.75) is 19.8 Å². The van der Waals surface area contributed by atoms with Gasteiger partial charge in [0.15, 0.2) is 0 Å². The zero-order chi connectivity index (χ0) is 17.4. The monoisotopic (exact) mass is 319 g/mol. The Kier molecular flexibility index (Phi) is 15.7. The molecule has 0 aliphatic heterocycles. The Bertz CT molecular complexity index is 331. The van der Waals surface area contributed by atoms with Crippen molar-refractivity contribution >= 4 is 17.8 Å². The van der Waals surface area contributed by atoms with Crippen molar-refractivity contribution in [1.29, 1.82) is 0 Å². The van der Waals surface area contributed by atoms with Crippen molar-refractivity contribution in [3.05, 3.63) is 12.2 Å². The largest absolute Gasteiger partial charge is 0.478 e. The minimum Gasteiger partial charge on any atom is -0.478 e. The van der Waals surface area contributed by atoms with Crippen molar-refractivity contribution in [2.75, 3.05) is 40.5 Å². The standard InChI is InChI=1S/C10H21NO3.C4H4O4/c1-4-5-10(12)11(6-8-13-2)7-9-14-3;5-3(6)1-2-4(7)8/h4-9H2,1-3H3;1-2H,(H,5,6)(H,7,8)/b;2-1+. The van der Waals surface area contributed by atoms with Gasteiger partial charge in [0.25, 0.3) is 0 Å². The first kappa shape index (κ1) is 22.4. The van der Waals surface area contributed by atoms with Crippen LogP contribution in [0.1, 0.15) is 19.8 Å². The molecule has 0 aromatic rings. The van der Waals surface area contributed by atoms with E-state index in [0.29, 0.717) is 44.9 Å². The molecule has 1 amide bonds. The Hall–Kier alpha value is -1.93. The maximum Gasteiger partial charge on any atom is 0.328 e. The Morgan fingerprint density at radius 3 is 1.64 bits per heavy atom. The highest BCUT2D eigenvalue weighted by Crippen LogP contribution is 1.97. The van der Waals surface area contributed by atoms with Gasteiger partial charge in [-0.15, -0.1) is 0 Å². The van der Waals surface area contributed by atoms with Crippen LogP contribution in [0.3, 0.4) is 0 Å². The van der Waals surface area contributed by atoms with Gasteiger partial charge in [-0.05, 0) is 6.42 Å². The Morgan fingerprint density at radius 2 is 1.36 bits per heavy atom. The van der Waals surface area contributed by atoms with Gasteiger partial charge in [0, 0.05) is 45.9 Å². The van der Waals surface area contributed by atoms with Crippen LogP contribution in [-0.2, 0) is 23.9 Å². The molecule has 0 bridgehead atoms. The SMILES string of the molecule is CCCC(=O)N(CCOC)CCOC.O=C(O)/C=C/C(=O)O. The third-order valence-corrected chi connectivity index (χ3v) is 2.32. The number of carboxylic acid groups (broad SMARTS) is 2. The number of nitrogens with zero attached hydrogens (tertiary/aromatic N) is 1. The number of rotatable bonds is 10. The van der Waals surface area contributed by atoms with Crippen molar-refractivity contribution in [1.82, 2.24) is 4.90 Å². The summed E-state index contributed by atoms with van der Waals surface area (Å²) in [5.74, 6) is -2.33. The molecule has 0 aromatic heterocycles. The minimum atomic E-state index is -1.26. The molecule has 0 heterocycles. The third kappa shape index (κ3) is 16.1. The van der Waals surface area contributed by atoms with Crippen molar-refractivity contribution in [3.63, 3.8) is 0 Å². The van der Waals surface area contributed by atoms with Crippen LogP contribution in [0.2, 0.25) is 0 Å². The number of carbonyl (C=O) groups excluding carboxylic acids is 1. The topological polar surface area (TPSA) is 113 Å². The molecule has 0 aliphatic rings. The summed E-state index contributed by atoms with van der Waals surface area (Å²) >= 11 is 0. The number of amides is 1. The Balaban J connectivity index is 0. The van der Waals surface area contributed by atoms with Gasteiger partial charge >= 0.3 is 11.9 Å². The fourth-order valence-electron chi connectivity index (χ4n) is 1.28. The second-order valence-corrected chi connectivity index (χ2v) is 4.13. The van der Waals surface area contributed by atoms with Crippen LogP contribution < -0.4 is 0 Å². The molecular formula is C14H25NO7. The Labute approximate surface area is 130 Å². The van der Waals surface area contributed by atoms with E-state index in [-0.39, 0.29) is 5.91 Å². The molecule has 0 atom stereocenters. The van der Waals surface area contributed by atoms with Gasteiger partial charge in [-0.25, -0.2) is 9.59 Å². The van der Waals surface area contributed by atoms with Crippen LogP contribution in [0.5, 0.6) is 0 Å². The van der Waals surface area contributed by atoms with Crippen LogP contribution in [0.15, 0.2) is 12.2 Å². The molecule has 22 heavy (non-hydrogen) atoms. The second kappa shape index (κ2) is 15.5. The van der Waals surface area contributed by atoms with Crippen LogP contribution in [-0.4, -0.2) is 73.5 Å². The molecule has 0 radical (unpaired) electrons. The smallest absolute Gasteiger partial charge is 0.328 e. The minimum absolute atomic E-state index is 0.182. The van der Waals surface area contributed by atoms with Crippen LogP contribution in [0.4, 0.5) is 0 Å². The Morgan fingerprint density at radius 1 is 0.955 bits per heavy atom. The molecule has 0 spiro atoms. The number of aliphatic carboxylic acids is 2. The van der Waals surface area contributed by atoms with Gasteiger partial charge in [0.1, 0.15) is 0 Å². The number of carbonyl (C=O) groups is 3. The zero-order valence-corrected chi connectivity index (χ0v) is 13.3. The molecule has 0 rings (SSSR count). The van der Waals surface area contributed by atoms with Gasteiger partial charge < -0.3 is 24.6 Å². The summed E-state index contributed by atoms with van der Waals surface area (Å²) in [7, 11) is 3.28. The third-order valence-electron chi connectivity index (χ3n) is 2.32. The highest BCUT2D eigenvalue weighted by molar-refractivity contribution is 5.89. The molecule has 0 aliphatic carbocycles. The quantitative estimate of drug-likeness (QED) is 0.567. The molecule has 0 unspecified atom stereocenters. The van der Waals surface area contributed by atoms with E-state index in [2.05, 4.69) is 0 Å². The van der Waals surface area contributed by atoms with Crippen molar-refractivity contribution < 1.29 is 34.1 Å². The van der Waals surface area contributed by atoms with Crippen molar-refractivity contribution in [3.8, 4) is 0 Å². The zero-order valence-electron chi connectivity index (χ0n) is 13.3. The fraction of sp³-hybridized carbons (Fsp3) is 0.643. The van der Waals surface area contributed by atoms with E-state index in [1.807, 2.05) is 6.92 Å². The lowest BCUT2D eigenvalue weighted by molar-refractivity contribution is -0.134. The summed E-state index contributed by atoms with van der Waals surface area (Å²) in [6.45, 7) is 4.47. The molecule has 2 N–H and O–H groups in total. The molecule has 8 nitrogen and oxygen atoms in total. The fourth-order valence-corrected chi connectivity index (χ4v) is 1.28. The lowest BCUT2D eigenvalue weighted by Crippen LogP contribution is -2.36. The first-order chi connectivity index (χ1) is 10.4. The maximum absolute atomic E-state index is 11.6. The number of ether oxygens (including phenoxy) is 2. The summed E-state index contributed by atoms with van der Waals surface area (Å²) in [5.41, 5.74) is 0. The maximum atomic E-state index is 11.6. The van der Waals surface area contributed by atoms with Gasteiger partial charge in [-0.1, -0.05) is 6.92 Å². The molecule has 8 heteroatoms. The van der Waals surface area contributed by atoms with Gasteiger partial charge in [0.2, 0.25) is 5.91 Å². The van der Waals surface area contributed by atoms with Crippen molar-refractivity contribution in [2.24, 2.45) is 0 Å². The molecular weight excluding hydrogens is 294 g/mol. The first-order valence-electron chi connectivity index (χ1n) is 6.78. The summed E-state index contributed by atoms with van der Waals surface area (Å²) in [4.78, 5) is 32.5. The summed E-state index contributed by atoms with van der Waals surface area (Å²) in [6.07, 6.45) is 2.60. The van der Waals surface area contributed by atoms with E-state index in [9.17, 15) is 14.4 Å². The molecule has 128 valence electrons. The van der Waals surface area contributed by atoms with E-state index < -0.39 is 11.9 Å². The molecule has 0 aromatic carbocycles. The molecule has 0 saturated carbocycles.